The molecule has 0 spiro atoms. The lowest BCUT2D eigenvalue weighted by atomic mass is 10.2. The number of nitrogens with zero attached hydrogens (tertiary/aromatic N) is 2. The fourth-order valence-corrected chi connectivity index (χ4v) is 2.73. The Hall–Kier alpha value is -1.14. The molecule has 1 aromatic carbocycles. The molecule has 0 saturated carbocycles. The molecule has 3 rings (SSSR count). The zero-order valence-corrected chi connectivity index (χ0v) is 11.3. The molecule has 2 heterocycles. The van der Waals surface area contributed by atoms with Gasteiger partial charge < -0.3 is 9.47 Å². The summed E-state index contributed by atoms with van der Waals surface area (Å²) in [6, 6.07) is 5.85. The number of hydrogen-bond donors (Lipinski definition) is 0. The van der Waals surface area contributed by atoms with Gasteiger partial charge >= 0.3 is 0 Å². The van der Waals surface area contributed by atoms with Gasteiger partial charge in [0.25, 0.3) is 0 Å². The highest BCUT2D eigenvalue weighted by Gasteiger charge is 2.13. The van der Waals surface area contributed by atoms with Gasteiger partial charge in [-0.05, 0) is 34.1 Å². The summed E-state index contributed by atoms with van der Waals surface area (Å²) in [4.78, 5) is 0. The van der Waals surface area contributed by atoms with E-state index in [0.717, 1.165) is 32.4 Å². The Kier molecular flexibility index (Phi) is 2.98. The molecule has 0 radical (unpaired) electrons. The Morgan fingerprint density at radius 1 is 1.12 bits per heavy atom. The number of fused-ring (bicyclic) bond motifs is 1. The predicted octanol–water partition coefficient (Wildman–Crippen LogP) is 3.13. The molecule has 0 fully saturated rings. The molecule has 0 saturated heterocycles. The van der Waals surface area contributed by atoms with E-state index < -0.39 is 0 Å². The second-order valence-corrected chi connectivity index (χ2v) is 5.83. The van der Waals surface area contributed by atoms with Crippen LogP contribution in [0.3, 0.4) is 0 Å². The van der Waals surface area contributed by atoms with Gasteiger partial charge in [0.1, 0.15) is 5.01 Å². The number of rotatable bonds is 1. The average Bonchev–Trinajstić information content (AvgIpc) is 2.64. The molecule has 0 amide bonds. The summed E-state index contributed by atoms with van der Waals surface area (Å²) in [6.07, 6.45) is 0.911. The van der Waals surface area contributed by atoms with Crippen LogP contribution in [-0.2, 0) is 0 Å². The maximum atomic E-state index is 5.64. The SMILES string of the molecule is Brc1nnc(-c2ccc3c(c2)OCCCO3)s1. The summed E-state index contributed by atoms with van der Waals surface area (Å²) in [6.45, 7) is 1.40. The predicted molar refractivity (Wildman–Crippen MR) is 68.7 cm³/mol. The van der Waals surface area contributed by atoms with Crippen LogP contribution in [0.5, 0.6) is 11.5 Å². The van der Waals surface area contributed by atoms with Gasteiger partial charge in [-0.25, -0.2) is 0 Å². The number of ether oxygens (including phenoxy) is 2. The highest BCUT2D eigenvalue weighted by atomic mass is 79.9. The van der Waals surface area contributed by atoms with E-state index in [9.17, 15) is 0 Å². The van der Waals surface area contributed by atoms with Crippen molar-refractivity contribution in [3.63, 3.8) is 0 Å². The van der Waals surface area contributed by atoms with Gasteiger partial charge in [-0.3, -0.25) is 0 Å². The average molecular weight is 313 g/mol. The van der Waals surface area contributed by atoms with Crippen LogP contribution in [0.25, 0.3) is 10.6 Å². The summed E-state index contributed by atoms with van der Waals surface area (Å²) in [7, 11) is 0. The van der Waals surface area contributed by atoms with Crippen LogP contribution >= 0.6 is 27.3 Å². The van der Waals surface area contributed by atoms with Crippen molar-refractivity contribution < 1.29 is 9.47 Å². The maximum Gasteiger partial charge on any atom is 0.183 e. The van der Waals surface area contributed by atoms with Crippen LogP contribution in [0.4, 0.5) is 0 Å². The number of halogens is 1. The van der Waals surface area contributed by atoms with Gasteiger partial charge in [-0.2, -0.15) is 0 Å². The molecule has 4 nitrogen and oxygen atoms in total. The van der Waals surface area contributed by atoms with Crippen molar-refractivity contribution in [3.8, 4) is 22.1 Å². The first-order chi connectivity index (χ1) is 8.33. The van der Waals surface area contributed by atoms with Gasteiger partial charge in [0.15, 0.2) is 15.4 Å². The minimum absolute atomic E-state index is 0.691. The van der Waals surface area contributed by atoms with Gasteiger partial charge in [0, 0.05) is 12.0 Å². The fraction of sp³-hybridized carbons (Fsp3) is 0.273. The maximum absolute atomic E-state index is 5.64. The Labute approximate surface area is 111 Å². The molecule has 6 heteroatoms. The van der Waals surface area contributed by atoms with Crippen molar-refractivity contribution in [1.29, 1.82) is 0 Å². The van der Waals surface area contributed by atoms with Crippen molar-refractivity contribution in [3.05, 3.63) is 22.1 Å². The smallest absolute Gasteiger partial charge is 0.183 e. The van der Waals surface area contributed by atoms with Crippen molar-refractivity contribution >= 4 is 27.3 Å². The normalized spacial score (nSPS) is 14.4. The summed E-state index contributed by atoms with van der Waals surface area (Å²) < 4.78 is 12.0. The summed E-state index contributed by atoms with van der Waals surface area (Å²) >= 11 is 4.80. The van der Waals surface area contributed by atoms with Crippen molar-refractivity contribution in [1.82, 2.24) is 10.2 Å². The molecule has 1 aliphatic heterocycles. The Morgan fingerprint density at radius 3 is 2.71 bits per heavy atom. The topological polar surface area (TPSA) is 44.2 Å². The fourth-order valence-electron chi connectivity index (χ4n) is 1.62. The third-order valence-electron chi connectivity index (χ3n) is 2.39. The summed E-state index contributed by atoms with van der Waals surface area (Å²) in [5.41, 5.74) is 0.998. The van der Waals surface area contributed by atoms with Gasteiger partial charge in [0.05, 0.1) is 13.2 Å². The molecule has 0 aliphatic carbocycles. The summed E-state index contributed by atoms with van der Waals surface area (Å²) in [5.74, 6) is 1.58. The standard InChI is InChI=1S/C11H9BrN2O2S/c12-11-14-13-10(17-11)7-2-3-8-9(6-7)16-5-1-4-15-8/h2-3,6H,1,4-5H2. The molecule has 88 valence electrons. The third-order valence-corrected chi connectivity index (χ3v) is 3.80. The van der Waals surface area contributed by atoms with Crippen molar-refractivity contribution in [2.75, 3.05) is 13.2 Å². The first-order valence-corrected chi connectivity index (χ1v) is 6.83. The molecule has 0 unspecified atom stereocenters. The monoisotopic (exact) mass is 312 g/mol. The second-order valence-electron chi connectivity index (χ2n) is 3.57. The number of aromatic nitrogens is 2. The van der Waals surface area contributed by atoms with Crippen LogP contribution in [0.2, 0.25) is 0 Å². The van der Waals surface area contributed by atoms with Crippen LogP contribution in [0.1, 0.15) is 6.42 Å². The van der Waals surface area contributed by atoms with Crippen molar-refractivity contribution in [2.45, 2.75) is 6.42 Å². The molecule has 2 aromatic rings. The minimum atomic E-state index is 0.691. The zero-order chi connectivity index (χ0) is 11.7. The van der Waals surface area contributed by atoms with E-state index in [-0.39, 0.29) is 0 Å². The highest BCUT2D eigenvalue weighted by molar-refractivity contribution is 9.11. The number of hydrogen-bond acceptors (Lipinski definition) is 5. The Morgan fingerprint density at radius 2 is 1.94 bits per heavy atom. The van der Waals surface area contributed by atoms with Gasteiger partial charge in [-0.15, -0.1) is 10.2 Å². The molecule has 0 bridgehead atoms. The van der Waals surface area contributed by atoms with Crippen LogP contribution in [-0.4, -0.2) is 23.4 Å². The quantitative estimate of drug-likeness (QED) is 0.811. The first kappa shape index (κ1) is 11.0. The Bertz CT molecular complexity index is 544. The lowest BCUT2D eigenvalue weighted by Gasteiger charge is -2.07. The zero-order valence-electron chi connectivity index (χ0n) is 8.85. The molecule has 1 aliphatic rings. The highest BCUT2D eigenvalue weighted by Crippen LogP contribution is 2.35. The second kappa shape index (κ2) is 4.62. The first-order valence-electron chi connectivity index (χ1n) is 5.22. The van der Waals surface area contributed by atoms with E-state index in [0.29, 0.717) is 13.2 Å². The van der Waals surface area contributed by atoms with Crippen LogP contribution in [0, 0.1) is 0 Å². The van der Waals surface area contributed by atoms with E-state index >= 15 is 0 Å². The molecule has 0 N–H and O–H groups in total. The largest absolute Gasteiger partial charge is 0.490 e. The lowest BCUT2D eigenvalue weighted by Crippen LogP contribution is -1.97. The van der Waals surface area contributed by atoms with Gasteiger partial charge in [-0.1, -0.05) is 11.3 Å². The van der Waals surface area contributed by atoms with Crippen LogP contribution in [0.15, 0.2) is 22.1 Å². The van der Waals surface area contributed by atoms with E-state index in [1.54, 1.807) is 0 Å². The van der Waals surface area contributed by atoms with E-state index in [1.807, 2.05) is 18.2 Å². The number of benzene rings is 1. The molecule has 17 heavy (non-hydrogen) atoms. The Balaban J connectivity index is 2.00. The lowest BCUT2D eigenvalue weighted by molar-refractivity contribution is 0.297. The molecule has 0 atom stereocenters. The van der Waals surface area contributed by atoms with Crippen LogP contribution < -0.4 is 9.47 Å². The third kappa shape index (κ3) is 2.28. The summed E-state index contributed by atoms with van der Waals surface area (Å²) in [5, 5.41) is 8.89. The van der Waals surface area contributed by atoms with E-state index in [1.165, 1.54) is 11.3 Å². The van der Waals surface area contributed by atoms with Crippen molar-refractivity contribution in [2.24, 2.45) is 0 Å². The molecule has 1 aromatic heterocycles. The van der Waals surface area contributed by atoms with E-state index in [2.05, 4.69) is 26.1 Å². The van der Waals surface area contributed by atoms with E-state index in [4.69, 9.17) is 9.47 Å². The minimum Gasteiger partial charge on any atom is -0.490 e. The van der Waals surface area contributed by atoms with Gasteiger partial charge in [0.2, 0.25) is 0 Å². The molecular weight excluding hydrogens is 304 g/mol. The molecular formula is C11H9BrN2O2S.